The molecule has 0 aliphatic rings. The van der Waals surface area contributed by atoms with Crippen LogP contribution < -0.4 is 10.1 Å². The predicted molar refractivity (Wildman–Crippen MR) is 87.7 cm³/mol. The summed E-state index contributed by atoms with van der Waals surface area (Å²) in [6, 6.07) is 15.4. The number of rotatable bonds is 4. The van der Waals surface area contributed by atoms with Crippen LogP contribution in [0.25, 0.3) is 0 Å². The van der Waals surface area contributed by atoms with E-state index in [-0.39, 0.29) is 5.91 Å². The molecule has 0 bridgehead atoms. The van der Waals surface area contributed by atoms with Crippen molar-refractivity contribution in [3.63, 3.8) is 0 Å². The lowest BCUT2D eigenvalue weighted by molar-refractivity contribution is 0.102. The number of nitrogens with one attached hydrogen (secondary N) is 1. The van der Waals surface area contributed by atoms with E-state index < -0.39 is 0 Å². The third-order valence-electron chi connectivity index (χ3n) is 3.12. The van der Waals surface area contributed by atoms with E-state index in [1.807, 2.05) is 6.07 Å². The summed E-state index contributed by atoms with van der Waals surface area (Å²) in [5, 5.41) is 11.5. The Hall–Kier alpha value is -3.72. The minimum atomic E-state index is -0.277. The molecular formula is C18H12N4O2. The highest BCUT2D eigenvalue weighted by Gasteiger charge is 2.07. The number of nitrogens with zero attached hydrogens (tertiary/aromatic N) is 3. The number of ether oxygens (including phenoxy) is 1. The van der Waals surface area contributed by atoms with E-state index in [0.717, 1.165) is 0 Å². The molecule has 6 nitrogen and oxygen atoms in total. The van der Waals surface area contributed by atoms with Gasteiger partial charge in [-0.15, -0.1) is 0 Å². The summed E-state index contributed by atoms with van der Waals surface area (Å²) in [4.78, 5) is 20.2. The monoisotopic (exact) mass is 316 g/mol. The third kappa shape index (κ3) is 3.72. The Labute approximate surface area is 138 Å². The topological polar surface area (TPSA) is 87.9 Å². The van der Waals surface area contributed by atoms with Crippen LogP contribution in [0.15, 0.2) is 67.1 Å². The molecule has 0 atom stereocenters. The van der Waals surface area contributed by atoms with Crippen molar-refractivity contribution in [2.45, 2.75) is 0 Å². The van der Waals surface area contributed by atoms with Crippen molar-refractivity contribution in [3.8, 4) is 17.7 Å². The van der Waals surface area contributed by atoms with E-state index in [4.69, 9.17) is 10.00 Å². The molecule has 1 amide bonds. The quantitative estimate of drug-likeness (QED) is 0.797. The van der Waals surface area contributed by atoms with Crippen LogP contribution in [0.2, 0.25) is 0 Å². The van der Waals surface area contributed by atoms with Gasteiger partial charge < -0.3 is 10.1 Å². The molecule has 0 aliphatic heterocycles. The van der Waals surface area contributed by atoms with Crippen LogP contribution in [0, 0.1) is 11.3 Å². The van der Waals surface area contributed by atoms with Gasteiger partial charge in [0.2, 0.25) is 5.88 Å². The standard InChI is InChI=1S/C18H12N4O2/c19-10-13-3-6-16(7-4-13)24-17-8-5-14(11-21-17)18(23)22-15-2-1-9-20-12-15/h1-9,11-12H,(H,22,23). The SMILES string of the molecule is N#Cc1ccc(Oc2ccc(C(=O)Nc3cccnc3)cn2)cc1. The zero-order chi connectivity index (χ0) is 16.8. The lowest BCUT2D eigenvalue weighted by Gasteiger charge is -2.06. The number of anilines is 1. The fraction of sp³-hybridized carbons (Fsp3) is 0. The minimum absolute atomic E-state index is 0.277. The van der Waals surface area contributed by atoms with E-state index in [2.05, 4.69) is 15.3 Å². The highest BCUT2D eigenvalue weighted by atomic mass is 16.5. The molecule has 0 fully saturated rings. The van der Waals surface area contributed by atoms with Gasteiger partial charge in [-0.3, -0.25) is 9.78 Å². The normalized spacial score (nSPS) is 9.79. The maximum Gasteiger partial charge on any atom is 0.257 e. The number of nitriles is 1. The fourth-order valence-corrected chi connectivity index (χ4v) is 1.93. The zero-order valence-electron chi connectivity index (χ0n) is 12.5. The summed E-state index contributed by atoms with van der Waals surface area (Å²) in [5.41, 5.74) is 1.57. The number of hydrogen-bond acceptors (Lipinski definition) is 5. The molecule has 0 aliphatic carbocycles. The lowest BCUT2D eigenvalue weighted by Crippen LogP contribution is -2.12. The first-order valence-corrected chi connectivity index (χ1v) is 7.10. The molecule has 0 saturated carbocycles. The van der Waals surface area contributed by atoms with Crippen molar-refractivity contribution >= 4 is 11.6 Å². The average molecular weight is 316 g/mol. The first kappa shape index (κ1) is 15.2. The summed E-state index contributed by atoms with van der Waals surface area (Å²) in [5.74, 6) is 0.645. The summed E-state index contributed by atoms with van der Waals surface area (Å²) >= 11 is 0. The van der Waals surface area contributed by atoms with Gasteiger partial charge in [0, 0.05) is 18.5 Å². The Morgan fingerprint density at radius 2 is 1.92 bits per heavy atom. The molecule has 1 aromatic carbocycles. The van der Waals surface area contributed by atoms with E-state index >= 15 is 0 Å². The van der Waals surface area contributed by atoms with Crippen molar-refractivity contribution < 1.29 is 9.53 Å². The van der Waals surface area contributed by atoms with Crippen molar-refractivity contribution in [2.75, 3.05) is 5.32 Å². The first-order chi connectivity index (χ1) is 11.7. The summed E-state index contributed by atoms with van der Waals surface area (Å²) in [6.07, 6.45) is 4.63. The second-order valence-corrected chi connectivity index (χ2v) is 4.82. The molecule has 2 aromatic heterocycles. The molecular weight excluding hydrogens is 304 g/mol. The smallest absolute Gasteiger partial charge is 0.257 e. The largest absolute Gasteiger partial charge is 0.439 e. The van der Waals surface area contributed by atoms with Crippen LogP contribution in [0.4, 0.5) is 5.69 Å². The Morgan fingerprint density at radius 1 is 1.08 bits per heavy atom. The predicted octanol–water partition coefficient (Wildman–Crippen LogP) is 3.39. The second kappa shape index (κ2) is 7.03. The van der Waals surface area contributed by atoms with Gasteiger partial charge in [0.25, 0.3) is 5.91 Å². The van der Waals surface area contributed by atoms with E-state index in [1.165, 1.54) is 6.20 Å². The molecule has 0 unspecified atom stereocenters. The lowest BCUT2D eigenvalue weighted by atomic mass is 10.2. The number of amides is 1. The molecule has 1 N–H and O–H groups in total. The van der Waals surface area contributed by atoms with Crippen molar-refractivity contribution in [2.24, 2.45) is 0 Å². The molecule has 3 aromatic rings. The summed E-state index contributed by atoms with van der Waals surface area (Å²) in [6.45, 7) is 0. The van der Waals surface area contributed by atoms with Crippen LogP contribution in [-0.4, -0.2) is 15.9 Å². The number of hydrogen-bond donors (Lipinski definition) is 1. The highest BCUT2D eigenvalue weighted by molar-refractivity contribution is 6.03. The minimum Gasteiger partial charge on any atom is -0.439 e. The highest BCUT2D eigenvalue weighted by Crippen LogP contribution is 2.20. The number of carbonyl (C=O) groups is 1. The molecule has 2 heterocycles. The maximum absolute atomic E-state index is 12.1. The van der Waals surface area contributed by atoms with E-state index in [1.54, 1.807) is 60.9 Å². The molecule has 116 valence electrons. The molecule has 0 spiro atoms. The molecule has 24 heavy (non-hydrogen) atoms. The van der Waals surface area contributed by atoms with Gasteiger partial charge in [0.15, 0.2) is 0 Å². The van der Waals surface area contributed by atoms with Crippen molar-refractivity contribution in [1.29, 1.82) is 5.26 Å². The Morgan fingerprint density at radius 3 is 2.54 bits per heavy atom. The second-order valence-electron chi connectivity index (χ2n) is 4.82. The fourth-order valence-electron chi connectivity index (χ4n) is 1.93. The van der Waals surface area contributed by atoms with Crippen LogP contribution in [0.3, 0.4) is 0 Å². The number of aromatic nitrogens is 2. The van der Waals surface area contributed by atoms with Crippen molar-refractivity contribution in [1.82, 2.24) is 9.97 Å². The van der Waals surface area contributed by atoms with Gasteiger partial charge in [0.1, 0.15) is 5.75 Å². The van der Waals surface area contributed by atoms with Gasteiger partial charge in [-0.2, -0.15) is 5.26 Å². The number of benzene rings is 1. The third-order valence-corrected chi connectivity index (χ3v) is 3.12. The summed E-state index contributed by atoms with van der Waals surface area (Å²) in [7, 11) is 0. The van der Waals surface area contributed by atoms with Gasteiger partial charge in [0.05, 0.1) is 29.1 Å². The number of pyridine rings is 2. The van der Waals surface area contributed by atoms with Crippen LogP contribution >= 0.6 is 0 Å². The zero-order valence-corrected chi connectivity index (χ0v) is 12.5. The molecule has 3 rings (SSSR count). The maximum atomic E-state index is 12.1. The Bertz CT molecular complexity index is 870. The van der Waals surface area contributed by atoms with Gasteiger partial charge in [-0.1, -0.05) is 0 Å². The van der Waals surface area contributed by atoms with E-state index in [9.17, 15) is 4.79 Å². The van der Waals surface area contributed by atoms with E-state index in [0.29, 0.717) is 28.4 Å². The summed E-state index contributed by atoms with van der Waals surface area (Å²) < 4.78 is 5.57. The van der Waals surface area contributed by atoms with Crippen LogP contribution in [0.1, 0.15) is 15.9 Å². The number of carbonyl (C=O) groups excluding carboxylic acids is 1. The Balaban J connectivity index is 1.66. The van der Waals surface area contributed by atoms with Crippen LogP contribution in [-0.2, 0) is 0 Å². The van der Waals surface area contributed by atoms with Crippen LogP contribution in [0.5, 0.6) is 11.6 Å². The average Bonchev–Trinajstić information content (AvgIpc) is 2.64. The van der Waals surface area contributed by atoms with Gasteiger partial charge in [-0.05, 0) is 42.5 Å². The first-order valence-electron chi connectivity index (χ1n) is 7.10. The molecule has 0 radical (unpaired) electrons. The molecule has 0 saturated heterocycles. The molecule has 6 heteroatoms. The van der Waals surface area contributed by atoms with Gasteiger partial charge >= 0.3 is 0 Å². The van der Waals surface area contributed by atoms with Crippen molar-refractivity contribution in [3.05, 3.63) is 78.2 Å². The Kier molecular flexibility index (Phi) is 4.45. The van der Waals surface area contributed by atoms with Gasteiger partial charge in [-0.25, -0.2) is 4.98 Å².